The number of rotatable bonds is 10. The van der Waals surface area contributed by atoms with Gasteiger partial charge >= 0.3 is 5.97 Å². The normalized spacial score (nSPS) is 12.1. The molecule has 3 rings (SSSR count). The van der Waals surface area contributed by atoms with Crippen LogP contribution in [0.4, 0.5) is 0 Å². The van der Waals surface area contributed by atoms with Crippen molar-refractivity contribution in [3.63, 3.8) is 0 Å². The summed E-state index contributed by atoms with van der Waals surface area (Å²) in [6, 6.07) is 16.5. The van der Waals surface area contributed by atoms with Crippen molar-refractivity contribution in [2.75, 3.05) is 6.54 Å². The molecule has 0 saturated carbocycles. The smallest absolute Gasteiger partial charge is 0.335 e. The molecule has 0 bridgehead atoms. The minimum atomic E-state index is -3.75. The largest absolute Gasteiger partial charge is 0.478 e. The molecule has 0 radical (unpaired) electrons. The fourth-order valence-electron chi connectivity index (χ4n) is 3.56. The zero-order chi connectivity index (χ0) is 24.1. The Labute approximate surface area is 199 Å². The molecule has 0 fully saturated rings. The third-order valence-corrected chi connectivity index (χ3v) is 6.86. The van der Waals surface area contributed by atoms with E-state index in [0.29, 0.717) is 24.7 Å². The minimum Gasteiger partial charge on any atom is -0.478 e. The van der Waals surface area contributed by atoms with Crippen LogP contribution in [-0.4, -0.2) is 41.5 Å². The number of carboxylic acids is 1. The number of sulfonamides is 1. The highest BCUT2D eigenvalue weighted by Gasteiger charge is 2.28. The third-order valence-electron chi connectivity index (χ3n) is 4.89. The van der Waals surface area contributed by atoms with Crippen LogP contribution in [0.25, 0.3) is 0 Å². The predicted molar refractivity (Wildman–Crippen MR) is 128 cm³/mol. The average Bonchev–Trinajstić information content (AvgIpc) is 2.74. The summed E-state index contributed by atoms with van der Waals surface area (Å²) in [5.41, 5.74) is 1.31. The van der Waals surface area contributed by atoms with Crippen molar-refractivity contribution < 1.29 is 18.3 Å². The van der Waals surface area contributed by atoms with Gasteiger partial charge in [0.25, 0.3) is 0 Å². The number of halogens is 1. The number of pyridine rings is 1. The number of carbonyl (C=O) groups is 1. The first kappa shape index (κ1) is 24.9. The minimum absolute atomic E-state index is 0.142. The summed E-state index contributed by atoms with van der Waals surface area (Å²) in [5, 5.41) is 9.60. The molecular formula is C24H26ClN3O4S. The van der Waals surface area contributed by atoms with Crippen LogP contribution in [0.5, 0.6) is 0 Å². The highest BCUT2D eigenvalue weighted by molar-refractivity contribution is 7.89. The molecule has 0 saturated heterocycles. The van der Waals surface area contributed by atoms with Gasteiger partial charge in [-0.15, -0.1) is 0 Å². The molecule has 9 heteroatoms. The first-order valence-electron chi connectivity index (χ1n) is 10.3. The van der Waals surface area contributed by atoms with E-state index < -0.39 is 21.5 Å². The van der Waals surface area contributed by atoms with Gasteiger partial charge in [0.1, 0.15) is 0 Å². The first-order valence-corrected chi connectivity index (χ1v) is 12.1. The molecule has 1 heterocycles. The Kier molecular flexibility index (Phi) is 7.86. The molecule has 0 amide bonds. The molecule has 2 aromatic carbocycles. The van der Waals surface area contributed by atoms with Crippen molar-refractivity contribution in [3.05, 3.63) is 94.8 Å². The molecule has 2 N–H and O–H groups in total. The van der Waals surface area contributed by atoms with E-state index in [1.54, 1.807) is 48.8 Å². The van der Waals surface area contributed by atoms with Crippen LogP contribution in [0.2, 0.25) is 5.02 Å². The van der Waals surface area contributed by atoms with Crippen LogP contribution in [0.3, 0.4) is 0 Å². The van der Waals surface area contributed by atoms with E-state index >= 15 is 0 Å². The molecule has 0 unspecified atom stereocenters. The van der Waals surface area contributed by atoms with Crippen LogP contribution in [0.15, 0.2) is 78.0 Å². The Morgan fingerprint density at radius 1 is 1.03 bits per heavy atom. The van der Waals surface area contributed by atoms with Crippen LogP contribution in [-0.2, 0) is 23.1 Å². The topological polar surface area (TPSA) is 99.6 Å². The van der Waals surface area contributed by atoms with Crippen LogP contribution in [0, 0.1) is 0 Å². The van der Waals surface area contributed by atoms with Gasteiger partial charge in [0.2, 0.25) is 10.0 Å². The maximum absolute atomic E-state index is 12.9. The van der Waals surface area contributed by atoms with Gasteiger partial charge in [-0.3, -0.25) is 9.88 Å². The Bertz CT molecular complexity index is 1180. The number of benzene rings is 2. The van der Waals surface area contributed by atoms with Gasteiger partial charge in [-0.25, -0.2) is 17.9 Å². The average molecular weight is 488 g/mol. The number of aromatic nitrogens is 1. The lowest BCUT2D eigenvalue weighted by molar-refractivity contribution is 0.0697. The van der Waals surface area contributed by atoms with E-state index in [2.05, 4.69) is 14.6 Å². The molecular weight excluding hydrogens is 462 g/mol. The van der Waals surface area contributed by atoms with Crippen LogP contribution >= 0.6 is 11.6 Å². The van der Waals surface area contributed by atoms with Gasteiger partial charge in [0, 0.05) is 42.6 Å². The standard InChI is InChI=1S/C24H26ClN3O4S/c1-24(2,27-33(31,32)22-11-9-21(25)10-12-22)17-28(16-19-4-3-13-26-14-19)15-18-5-7-20(8-6-18)23(29)30/h3-14,27H,15-17H2,1-2H3,(H,29,30). The van der Waals surface area contributed by atoms with Gasteiger partial charge < -0.3 is 5.11 Å². The van der Waals surface area contributed by atoms with Gasteiger partial charge in [0.05, 0.1) is 10.5 Å². The second-order valence-corrected chi connectivity index (χ2v) is 10.6. The zero-order valence-electron chi connectivity index (χ0n) is 18.4. The highest BCUT2D eigenvalue weighted by atomic mass is 35.5. The van der Waals surface area contributed by atoms with Crippen molar-refractivity contribution >= 4 is 27.6 Å². The SMILES string of the molecule is CC(C)(CN(Cc1ccc(C(=O)O)cc1)Cc1cccnc1)NS(=O)(=O)c1ccc(Cl)cc1. The summed E-state index contributed by atoms with van der Waals surface area (Å²) in [7, 11) is -3.75. The van der Waals surface area contributed by atoms with E-state index in [-0.39, 0.29) is 10.5 Å². The van der Waals surface area contributed by atoms with Crippen LogP contribution in [0.1, 0.15) is 35.3 Å². The summed E-state index contributed by atoms with van der Waals surface area (Å²) in [5.74, 6) is -0.980. The number of carboxylic acid groups (broad SMARTS) is 1. The molecule has 7 nitrogen and oxygen atoms in total. The molecule has 174 valence electrons. The number of nitrogens with one attached hydrogen (secondary N) is 1. The zero-order valence-corrected chi connectivity index (χ0v) is 20.0. The maximum Gasteiger partial charge on any atom is 0.335 e. The van der Waals surface area contributed by atoms with Crippen molar-refractivity contribution in [2.45, 2.75) is 37.4 Å². The summed E-state index contributed by atoms with van der Waals surface area (Å²) in [6.07, 6.45) is 3.47. The molecule has 0 aliphatic rings. The Morgan fingerprint density at radius 2 is 1.67 bits per heavy atom. The summed E-state index contributed by atoms with van der Waals surface area (Å²) in [4.78, 5) is 17.5. The lowest BCUT2D eigenvalue weighted by Gasteiger charge is -2.33. The van der Waals surface area contributed by atoms with Crippen LogP contribution < -0.4 is 4.72 Å². The maximum atomic E-state index is 12.9. The summed E-state index contributed by atoms with van der Waals surface area (Å²) in [6.45, 7) is 5.09. The van der Waals surface area contributed by atoms with E-state index in [1.165, 1.54) is 12.1 Å². The molecule has 0 aliphatic carbocycles. The molecule has 33 heavy (non-hydrogen) atoms. The van der Waals surface area contributed by atoms with E-state index in [1.807, 2.05) is 26.0 Å². The number of hydrogen-bond acceptors (Lipinski definition) is 5. The van der Waals surface area contributed by atoms with Crippen molar-refractivity contribution in [1.29, 1.82) is 0 Å². The molecule has 0 spiro atoms. The fraction of sp³-hybridized carbons (Fsp3) is 0.250. The van der Waals surface area contributed by atoms with Gasteiger partial charge in [-0.05, 0) is 67.4 Å². The Hall–Kier alpha value is -2.78. The Balaban J connectivity index is 1.79. The lowest BCUT2D eigenvalue weighted by Crippen LogP contribution is -2.51. The molecule has 0 atom stereocenters. The summed E-state index contributed by atoms with van der Waals surface area (Å²) < 4.78 is 28.6. The van der Waals surface area contributed by atoms with Gasteiger partial charge in [0.15, 0.2) is 0 Å². The fourth-order valence-corrected chi connectivity index (χ4v) is 5.09. The van der Waals surface area contributed by atoms with E-state index in [9.17, 15) is 13.2 Å². The van der Waals surface area contributed by atoms with Gasteiger partial charge in [-0.1, -0.05) is 29.8 Å². The molecule has 0 aliphatic heterocycles. The second-order valence-electron chi connectivity index (χ2n) is 8.45. The quantitative estimate of drug-likeness (QED) is 0.444. The predicted octanol–water partition coefficient (Wildman–Crippen LogP) is 4.19. The Morgan fingerprint density at radius 3 is 2.24 bits per heavy atom. The van der Waals surface area contributed by atoms with Crippen molar-refractivity contribution in [2.24, 2.45) is 0 Å². The van der Waals surface area contributed by atoms with E-state index in [0.717, 1.165) is 11.1 Å². The number of nitrogens with zero attached hydrogens (tertiary/aromatic N) is 2. The molecule has 3 aromatic rings. The van der Waals surface area contributed by atoms with Crippen molar-refractivity contribution in [1.82, 2.24) is 14.6 Å². The van der Waals surface area contributed by atoms with E-state index in [4.69, 9.17) is 16.7 Å². The third kappa shape index (κ3) is 7.36. The lowest BCUT2D eigenvalue weighted by atomic mass is 10.0. The van der Waals surface area contributed by atoms with Gasteiger partial charge in [-0.2, -0.15) is 0 Å². The molecule has 1 aromatic heterocycles. The monoisotopic (exact) mass is 487 g/mol. The second kappa shape index (κ2) is 10.4. The number of hydrogen-bond donors (Lipinski definition) is 2. The highest BCUT2D eigenvalue weighted by Crippen LogP contribution is 2.19. The van der Waals surface area contributed by atoms with Crippen molar-refractivity contribution in [3.8, 4) is 0 Å². The summed E-state index contributed by atoms with van der Waals surface area (Å²) >= 11 is 5.89. The first-order chi connectivity index (χ1) is 15.5. The number of aromatic carboxylic acids is 1.